The van der Waals surface area contributed by atoms with Gasteiger partial charge in [0, 0.05) is 17.8 Å². The number of nitrogens with one attached hydrogen (secondary N) is 2. The smallest absolute Gasteiger partial charge is 0.296 e. The average molecular weight is 259 g/mol. The van der Waals surface area contributed by atoms with Crippen molar-refractivity contribution in [3.05, 3.63) is 29.8 Å². The van der Waals surface area contributed by atoms with Gasteiger partial charge in [-0.1, -0.05) is 0 Å². The highest BCUT2D eigenvalue weighted by Gasteiger charge is 2.06. The number of benzene rings is 1. The fourth-order valence-corrected chi connectivity index (χ4v) is 1.59. The van der Waals surface area contributed by atoms with Crippen LogP contribution in [0.4, 0.5) is 5.69 Å². The molecular formula is C9H13N3O4S. The molecule has 0 fully saturated rings. The summed E-state index contributed by atoms with van der Waals surface area (Å²) in [5.41, 5.74) is 0.629. The third-order valence-electron chi connectivity index (χ3n) is 1.80. The summed E-state index contributed by atoms with van der Waals surface area (Å²) in [5, 5.41) is 15.8. The Morgan fingerprint density at radius 2 is 1.88 bits per heavy atom. The van der Waals surface area contributed by atoms with Gasteiger partial charge in [0.1, 0.15) is 0 Å². The van der Waals surface area contributed by atoms with E-state index in [2.05, 4.69) is 10.0 Å². The molecule has 0 atom stereocenters. The number of rotatable bonds is 5. The van der Waals surface area contributed by atoms with E-state index in [0.29, 0.717) is 5.56 Å². The minimum atomic E-state index is -3.81. The summed E-state index contributed by atoms with van der Waals surface area (Å²) in [6.07, 6.45) is 0. The second-order valence-electron chi connectivity index (χ2n) is 3.20. The standard InChI is InChI=1S/C9H13N3O4S/c10-17(15,16)12-8-3-1-7(2-4-8)9(14)11-5-6-13/h1-4,12-13H,5-6H2,(H,11,14)(H2,10,15,16). The van der Waals surface area contributed by atoms with Crippen LogP contribution in [0.25, 0.3) is 0 Å². The number of anilines is 1. The number of aliphatic hydroxyl groups is 1. The molecule has 1 amide bonds. The minimum absolute atomic E-state index is 0.142. The van der Waals surface area contributed by atoms with E-state index in [0.717, 1.165) is 0 Å². The van der Waals surface area contributed by atoms with Crippen molar-refractivity contribution < 1.29 is 18.3 Å². The summed E-state index contributed by atoms with van der Waals surface area (Å²) < 4.78 is 23.5. The zero-order valence-electron chi connectivity index (χ0n) is 8.88. The lowest BCUT2D eigenvalue weighted by Gasteiger charge is -2.05. The van der Waals surface area contributed by atoms with E-state index in [1.165, 1.54) is 24.3 Å². The van der Waals surface area contributed by atoms with Crippen LogP contribution in [-0.4, -0.2) is 32.6 Å². The summed E-state index contributed by atoms with van der Waals surface area (Å²) in [6, 6.07) is 5.72. The highest BCUT2D eigenvalue weighted by atomic mass is 32.2. The first-order valence-electron chi connectivity index (χ1n) is 4.72. The molecule has 0 unspecified atom stereocenters. The van der Waals surface area contributed by atoms with Gasteiger partial charge in [0.2, 0.25) is 0 Å². The van der Waals surface area contributed by atoms with Crippen molar-refractivity contribution in [2.24, 2.45) is 5.14 Å². The van der Waals surface area contributed by atoms with Crippen LogP contribution in [0.3, 0.4) is 0 Å². The molecule has 0 radical (unpaired) electrons. The van der Waals surface area contributed by atoms with Gasteiger partial charge < -0.3 is 10.4 Å². The van der Waals surface area contributed by atoms with Crippen LogP contribution in [0.15, 0.2) is 24.3 Å². The molecule has 0 spiro atoms. The maximum absolute atomic E-state index is 11.4. The van der Waals surface area contributed by atoms with E-state index >= 15 is 0 Å². The van der Waals surface area contributed by atoms with E-state index in [-0.39, 0.29) is 24.7 Å². The Morgan fingerprint density at radius 1 is 1.29 bits per heavy atom. The van der Waals surface area contributed by atoms with Crippen molar-refractivity contribution in [2.75, 3.05) is 17.9 Å². The normalized spacial score (nSPS) is 10.9. The van der Waals surface area contributed by atoms with E-state index < -0.39 is 10.2 Å². The summed E-state index contributed by atoms with van der Waals surface area (Å²) in [6.45, 7) is 0.0206. The van der Waals surface area contributed by atoms with Crippen LogP contribution >= 0.6 is 0 Å². The molecule has 0 aliphatic heterocycles. The Hall–Kier alpha value is -1.64. The topological polar surface area (TPSA) is 122 Å². The van der Waals surface area contributed by atoms with E-state index in [1.54, 1.807) is 0 Å². The van der Waals surface area contributed by atoms with Gasteiger partial charge in [0.05, 0.1) is 6.61 Å². The predicted octanol–water partition coefficient (Wildman–Crippen LogP) is -0.976. The Bertz CT molecular complexity index is 483. The van der Waals surface area contributed by atoms with Crippen LogP contribution in [-0.2, 0) is 10.2 Å². The van der Waals surface area contributed by atoms with Gasteiger partial charge in [0.25, 0.3) is 16.1 Å². The van der Waals surface area contributed by atoms with E-state index in [4.69, 9.17) is 10.2 Å². The first-order chi connectivity index (χ1) is 7.92. The lowest BCUT2D eigenvalue weighted by atomic mass is 10.2. The van der Waals surface area contributed by atoms with Gasteiger partial charge in [-0.15, -0.1) is 0 Å². The lowest BCUT2D eigenvalue weighted by Crippen LogP contribution is -2.26. The largest absolute Gasteiger partial charge is 0.395 e. The number of hydrogen-bond acceptors (Lipinski definition) is 4. The maximum Gasteiger partial charge on any atom is 0.296 e. The quantitative estimate of drug-likeness (QED) is 0.543. The van der Waals surface area contributed by atoms with Gasteiger partial charge in [-0.05, 0) is 24.3 Å². The number of nitrogens with two attached hydrogens (primary N) is 1. The average Bonchev–Trinajstić information content (AvgIpc) is 2.24. The van der Waals surface area contributed by atoms with E-state index in [9.17, 15) is 13.2 Å². The fourth-order valence-electron chi connectivity index (χ4n) is 1.13. The molecule has 0 bridgehead atoms. The van der Waals surface area contributed by atoms with Gasteiger partial charge >= 0.3 is 0 Å². The van der Waals surface area contributed by atoms with Gasteiger partial charge in [-0.3, -0.25) is 9.52 Å². The van der Waals surface area contributed by atoms with Crippen LogP contribution < -0.4 is 15.2 Å². The van der Waals surface area contributed by atoms with E-state index in [1.807, 2.05) is 0 Å². The lowest BCUT2D eigenvalue weighted by molar-refractivity contribution is 0.0945. The van der Waals surface area contributed by atoms with Crippen molar-refractivity contribution in [3.63, 3.8) is 0 Å². The Kier molecular flexibility index (Phi) is 4.44. The fraction of sp³-hybridized carbons (Fsp3) is 0.222. The van der Waals surface area contributed by atoms with Crippen molar-refractivity contribution in [2.45, 2.75) is 0 Å². The molecule has 8 heteroatoms. The van der Waals surface area contributed by atoms with Gasteiger partial charge in [-0.2, -0.15) is 8.42 Å². The maximum atomic E-state index is 11.4. The van der Waals surface area contributed by atoms with Crippen molar-refractivity contribution in [1.29, 1.82) is 0 Å². The molecule has 0 aliphatic rings. The number of aliphatic hydroxyl groups excluding tert-OH is 1. The van der Waals surface area contributed by atoms with Gasteiger partial charge in [-0.25, -0.2) is 5.14 Å². The highest BCUT2D eigenvalue weighted by molar-refractivity contribution is 7.90. The second-order valence-corrected chi connectivity index (χ2v) is 4.50. The molecule has 0 heterocycles. The summed E-state index contributed by atoms with van der Waals surface area (Å²) >= 11 is 0. The van der Waals surface area contributed by atoms with Crippen molar-refractivity contribution >= 4 is 21.8 Å². The molecule has 0 saturated heterocycles. The monoisotopic (exact) mass is 259 g/mol. The molecule has 1 aromatic rings. The molecule has 94 valence electrons. The number of carbonyl (C=O) groups is 1. The first-order valence-corrected chi connectivity index (χ1v) is 6.26. The number of amides is 1. The van der Waals surface area contributed by atoms with Gasteiger partial charge in [0.15, 0.2) is 0 Å². The Labute approximate surface area is 98.8 Å². The number of hydrogen-bond donors (Lipinski definition) is 4. The second kappa shape index (κ2) is 5.62. The van der Waals surface area contributed by atoms with Crippen molar-refractivity contribution in [3.8, 4) is 0 Å². The molecule has 1 aromatic carbocycles. The Morgan fingerprint density at radius 3 is 2.35 bits per heavy atom. The third-order valence-corrected chi connectivity index (χ3v) is 2.32. The summed E-state index contributed by atoms with van der Waals surface area (Å²) in [7, 11) is -3.81. The van der Waals surface area contributed by atoms with Crippen LogP contribution in [0.1, 0.15) is 10.4 Å². The molecule has 0 aromatic heterocycles. The summed E-state index contributed by atoms with van der Waals surface area (Å²) in [5.74, 6) is -0.346. The molecule has 17 heavy (non-hydrogen) atoms. The minimum Gasteiger partial charge on any atom is -0.395 e. The molecule has 0 saturated carbocycles. The van der Waals surface area contributed by atoms with Crippen LogP contribution in [0, 0.1) is 0 Å². The summed E-state index contributed by atoms with van der Waals surface area (Å²) in [4.78, 5) is 11.4. The molecule has 1 rings (SSSR count). The SMILES string of the molecule is NS(=O)(=O)Nc1ccc(C(=O)NCCO)cc1. The van der Waals surface area contributed by atoms with Crippen LogP contribution in [0.5, 0.6) is 0 Å². The first kappa shape index (κ1) is 13.4. The zero-order chi connectivity index (χ0) is 12.9. The van der Waals surface area contributed by atoms with Crippen LogP contribution in [0.2, 0.25) is 0 Å². The molecule has 0 aliphatic carbocycles. The molecule has 7 nitrogen and oxygen atoms in total. The predicted molar refractivity (Wildman–Crippen MR) is 62.6 cm³/mol. The van der Waals surface area contributed by atoms with Crippen molar-refractivity contribution in [1.82, 2.24) is 5.32 Å². The molecule has 5 N–H and O–H groups in total. The third kappa shape index (κ3) is 4.81. The molecular weight excluding hydrogens is 246 g/mol. The zero-order valence-corrected chi connectivity index (χ0v) is 9.70. The Balaban J connectivity index is 2.71. The highest BCUT2D eigenvalue weighted by Crippen LogP contribution is 2.10. The number of carbonyl (C=O) groups excluding carboxylic acids is 1.